The third kappa shape index (κ3) is 5.25. The maximum Gasteiger partial charge on any atom is 0.253 e. The summed E-state index contributed by atoms with van der Waals surface area (Å²) in [6, 6.07) is 23.7. The Labute approximate surface area is 207 Å². The lowest BCUT2D eigenvalue weighted by Crippen LogP contribution is -2.31. The Hall–Kier alpha value is -3.32. The molecule has 0 radical (unpaired) electrons. The fraction of sp³-hybridized carbons (Fsp3) is 0.154. The van der Waals surface area contributed by atoms with Crippen LogP contribution in [-0.4, -0.2) is 33.1 Å². The van der Waals surface area contributed by atoms with Crippen molar-refractivity contribution in [3.8, 4) is 22.7 Å². The van der Waals surface area contributed by atoms with E-state index in [1.807, 2.05) is 42.5 Å². The van der Waals surface area contributed by atoms with Gasteiger partial charge in [0.15, 0.2) is 0 Å². The quantitative estimate of drug-likeness (QED) is 0.238. The van der Waals surface area contributed by atoms with Crippen LogP contribution >= 0.6 is 23.2 Å². The lowest BCUT2D eigenvalue weighted by Gasteiger charge is -2.19. The summed E-state index contributed by atoms with van der Waals surface area (Å²) in [6.45, 7) is 1.67. The van der Waals surface area contributed by atoms with Gasteiger partial charge in [-0.3, -0.25) is 10.0 Å². The molecule has 1 aromatic heterocycles. The molecule has 1 N–H and O–H groups in total. The molecule has 1 amide bonds. The number of hydroxylamine groups is 2. The van der Waals surface area contributed by atoms with Gasteiger partial charge in [-0.05, 0) is 67.1 Å². The second-order valence-corrected chi connectivity index (χ2v) is 8.68. The molecule has 0 bridgehead atoms. The molecule has 4 aromatic rings. The predicted octanol–water partition coefficient (Wildman–Crippen LogP) is 6.38. The van der Waals surface area contributed by atoms with Crippen molar-refractivity contribution in [3.05, 3.63) is 100 Å². The van der Waals surface area contributed by atoms with E-state index in [4.69, 9.17) is 27.9 Å². The second-order valence-electron chi connectivity index (χ2n) is 7.81. The van der Waals surface area contributed by atoms with Gasteiger partial charge < -0.3 is 4.74 Å². The van der Waals surface area contributed by atoms with E-state index in [9.17, 15) is 10.0 Å². The molecule has 174 valence electrons. The molecule has 0 aliphatic carbocycles. The highest BCUT2D eigenvalue weighted by Crippen LogP contribution is 2.27. The Morgan fingerprint density at radius 2 is 1.59 bits per heavy atom. The largest absolute Gasteiger partial charge is 0.497 e. The van der Waals surface area contributed by atoms with Crippen LogP contribution in [0.15, 0.2) is 78.9 Å². The Morgan fingerprint density at radius 1 is 1.00 bits per heavy atom. The molecule has 1 heterocycles. The van der Waals surface area contributed by atoms with Gasteiger partial charge in [0.1, 0.15) is 5.75 Å². The van der Waals surface area contributed by atoms with Crippen molar-refractivity contribution in [2.24, 2.45) is 0 Å². The number of ether oxygens (including phenoxy) is 1. The van der Waals surface area contributed by atoms with Gasteiger partial charge in [-0.2, -0.15) is 5.10 Å². The van der Waals surface area contributed by atoms with Crippen LogP contribution in [0.1, 0.15) is 24.1 Å². The van der Waals surface area contributed by atoms with Gasteiger partial charge in [0.25, 0.3) is 5.91 Å². The molecule has 0 aliphatic rings. The molecule has 1 atom stereocenters. The van der Waals surface area contributed by atoms with Gasteiger partial charge in [0.05, 0.1) is 36.6 Å². The van der Waals surface area contributed by atoms with Crippen LogP contribution in [0.5, 0.6) is 5.75 Å². The summed E-state index contributed by atoms with van der Waals surface area (Å²) in [6.07, 6.45) is 0. The first-order valence-electron chi connectivity index (χ1n) is 10.6. The summed E-state index contributed by atoms with van der Waals surface area (Å²) < 4.78 is 7.02. The zero-order valence-electron chi connectivity index (χ0n) is 18.7. The SMILES string of the molecule is COc1ccc(-n2nc(CN(O)C(=O)C(C)c3ccc(Cl)cc3)cc2-c2ccc(Cl)cc2)cc1. The van der Waals surface area contributed by atoms with Crippen LogP contribution < -0.4 is 4.74 Å². The third-order valence-electron chi connectivity index (χ3n) is 5.52. The number of carbonyl (C=O) groups excluding carboxylic acids is 1. The van der Waals surface area contributed by atoms with E-state index in [0.717, 1.165) is 28.3 Å². The molecule has 0 aliphatic heterocycles. The lowest BCUT2D eigenvalue weighted by atomic mass is 10.0. The standard InChI is InChI=1S/C26H23Cl2N3O3/c1-17(18-3-7-20(27)8-4-18)26(32)30(33)16-22-15-25(19-5-9-21(28)10-6-19)31(29-22)23-11-13-24(34-2)14-12-23/h3-15,17,33H,16H2,1-2H3. The fourth-order valence-corrected chi connectivity index (χ4v) is 3.85. The minimum absolute atomic E-state index is 0.0689. The van der Waals surface area contributed by atoms with E-state index in [1.165, 1.54) is 0 Å². The molecular formula is C26H23Cl2N3O3. The topological polar surface area (TPSA) is 67.6 Å². The van der Waals surface area contributed by atoms with E-state index in [2.05, 4.69) is 5.10 Å². The van der Waals surface area contributed by atoms with Crippen LogP contribution in [-0.2, 0) is 11.3 Å². The lowest BCUT2D eigenvalue weighted by molar-refractivity contribution is -0.169. The summed E-state index contributed by atoms with van der Waals surface area (Å²) in [5.74, 6) is -0.247. The first kappa shape index (κ1) is 23.8. The maximum atomic E-state index is 12.9. The van der Waals surface area contributed by atoms with Gasteiger partial charge in [0.2, 0.25) is 0 Å². The van der Waals surface area contributed by atoms with E-state index < -0.39 is 11.8 Å². The van der Waals surface area contributed by atoms with E-state index in [-0.39, 0.29) is 6.54 Å². The number of nitrogens with zero attached hydrogens (tertiary/aromatic N) is 3. The maximum absolute atomic E-state index is 12.9. The van der Waals surface area contributed by atoms with Crippen molar-refractivity contribution in [3.63, 3.8) is 0 Å². The predicted molar refractivity (Wildman–Crippen MR) is 133 cm³/mol. The summed E-state index contributed by atoms with van der Waals surface area (Å²) in [5.41, 5.74) is 3.79. The molecule has 8 heteroatoms. The van der Waals surface area contributed by atoms with Crippen LogP contribution in [0.3, 0.4) is 0 Å². The molecule has 0 spiro atoms. The first-order chi connectivity index (χ1) is 16.4. The van der Waals surface area contributed by atoms with Gasteiger partial charge in [0, 0.05) is 15.6 Å². The van der Waals surface area contributed by atoms with E-state index in [1.54, 1.807) is 55.1 Å². The van der Waals surface area contributed by atoms with Gasteiger partial charge in [-0.15, -0.1) is 0 Å². The van der Waals surface area contributed by atoms with Crippen LogP contribution in [0.4, 0.5) is 0 Å². The van der Waals surface area contributed by atoms with Gasteiger partial charge >= 0.3 is 0 Å². The minimum Gasteiger partial charge on any atom is -0.497 e. The van der Waals surface area contributed by atoms with Crippen molar-refractivity contribution in [1.29, 1.82) is 0 Å². The smallest absolute Gasteiger partial charge is 0.253 e. The minimum atomic E-state index is -0.540. The van der Waals surface area contributed by atoms with Crippen LogP contribution in [0.25, 0.3) is 16.9 Å². The summed E-state index contributed by atoms with van der Waals surface area (Å²) in [5, 5.41) is 17.2. The Bertz CT molecular complexity index is 1270. The van der Waals surface area contributed by atoms with Crippen molar-refractivity contribution in [1.82, 2.24) is 14.8 Å². The molecule has 1 unspecified atom stereocenters. The van der Waals surface area contributed by atoms with Crippen molar-refractivity contribution >= 4 is 29.1 Å². The normalized spacial score (nSPS) is 11.8. The number of carbonyl (C=O) groups is 1. The number of aromatic nitrogens is 2. The number of halogens is 2. The molecule has 0 saturated carbocycles. The number of hydrogen-bond acceptors (Lipinski definition) is 4. The highest BCUT2D eigenvalue weighted by atomic mass is 35.5. The first-order valence-corrected chi connectivity index (χ1v) is 11.4. The van der Waals surface area contributed by atoms with Crippen LogP contribution in [0.2, 0.25) is 10.0 Å². The summed E-state index contributed by atoms with van der Waals surface area (Å²) >= 11 is 12.0. The third-order valence-corrected chi connectivity index (χ3v) is 6.03. The zero-order valence-corrected chi connectivity index (χ0v) is 20.2. The zero-order chi connectivity index (χ0) is 24.2. The number of amides is 1. The van der Waals surface area contributed by atoms with E-state index >= 15 is 0 Å². The Morgan fingerprint density at radius 3 is 2.18 bits per heavy atom. The van der Waals surface area contributed by atoms with Crippen LogP contribution in [0, 0.1) is 0 Å². The molecule has 0 fully saturated rings. The highest BCUT2D eigenvalue weighted by molar-refractivity contribution is 6.30. The molecule has 0 saturated heterocycles. The Kier molecular flexibility index (Phi) is 7.22. The Balaban J connectivity index is 1.63. The van der Waals surface area contributed by atoms with Crippen molar-refractivity contribution in [2.45, 2.75) is 19.4 Å². The number of rotatable bonds is 7. The summed E-state index contributed by atoms with van der Waals surface area (Å²) in [7, 11) is 1.61. The fourth-order valence-electron chi connectivity index (χ4n) is 3.60. The molecule has 34 heavy (non-hydrogen) atoms. The summed E-state index contributed by atoms with van der Waals surface area (Å²) in [4.78, 5) is 12.9. The number of methoxy groups -OCH3 is 1. The molecule has 4 rings (SSSR count). The molecule has 6 nitrogen and oxygen atoms in total. The highest BCUT2D eigenvalue weighted by Gasteiger charge is 2.23. The average molecular weight is 496 g/mol. The molecule has 3 aromatic carbocycles. The second kappa shape index (κ2) is 10.3. The monoisotopic (exact) mass is 495 g/mol. The number of benzene rings is 3. The average Bonchev–Trinajstić information content (AvgIpc) is 3.27. The number of hydrogen-bond donors (Lipinski definition) is 1. The van der Waals surface area contributed by atoms with Gasteiger partial charge in [-0.1, -0.05) is 47.5 Å². The van der Waals surface area contributed by atoms with E-state index in [0.29, 0.717) is 20.8 Å². The molecular weight excluding hydrogens is 473 g/mol. The van der Waals surface area contributed by atoms with Crippen molar-refractivity contribution < 1.29 is 14.7 Å². The van der Waals surface area contributed by atoms with Crippen molar-refractivity contribution in [2.75, 3.05) is 7.11 Å². The van der Waals surface area contributed by atoms with Gasteiger partial charge in [-0.25, -0.2) is 9.75 Å².